The number of aliphatic hydroxyl groups is 1. The van der Waals surface area contributed by atoms with Crippen molar-refractivity contribution in [2.45, 2.75) is 44.9 Å². The van der Waals surface area contributed by atoms with Gasteiger partial charge in [-0.15, -0.1) is 0 Å². The zero-order chi connectivity index (χ0) is 17.5. The lowest BCUT2D eigenvalue weighted by molar-refractivity contribution is -0.143. The summed E-state index contributed by atoms with van der Waals surface area (Å²) in [6, 6.07) is 15.4. The minimum Gasteiger partial charge on any atom is -0.479 e. The number of rotatable bonds is 2. The molecule has 0 aromatic heterocycles. The second-order valence-electron chi connectivity index (χ2n) is 7.39. The van der Waals surface area contributed by atoms with Crippen molar-refractivity contribution in [2.24, 2.45) is 0 Å². The number of aliphatic hydroxyl groups excluding tert-OH is 1. The first-order chi connectivity index (χ1) is 11.2. The third-order valence-electron chi connectivity index (χ3n) is 4.23. The molecule has 4 nitrogen and oxygen atoms in total. The van der Waals surface area contributed by atoms with Crippen molar-refractivity contribution in [2.75, 3.05) is 0 Å². The predicted octanol–water partition coefficient (Wildman–Crippen LogP) is 3.24. The maximum atomic E-state index is 12.5. The molecule has 2 atom stereocenters. The minimum absolute atomic E-state index is 0.430. The Bertz CT molecular complexity index is 778. The molecule has 2 unspecified atom stereocenters. The Balaban J connectivity index is 2.07. The van der Waals surface area contributed by atoms with E-state index in [1.54, 1.807) is 6.92 Å². The molecular weight excluding hydrogens is 302 g/mol. The highest BCUT2D eigenvalue weighted by Gasteiger charge is 2.46. The summed E-state index contributed by atoms with van der Waals surface area (Å²) in [7, 11) is 0. The van der Waals surface area contributed by atoms with Gasteiger partial charge in [0.2, 0.25) is 0 Å². The number of benzene rings is 2. The Hall–Kier alpha value is -2.33. The van der Waals surface area contributed by atoms with E-state index in [1.807, 2.05) is 69.3 Å². The first-order valence-electron chi connectivity index (χ1n) is 8.10. The summed E-state index contributed by atoms with van der Waals surface area (Å²) in [5, 5.41) is 13.6. The van der Waals surface area contributed by atoms with Gasteiger partial charge in [-0.25, -0.2) is 0 Å². The van der Waals surface area contributed by atoms with Crippen LogP contribution in [0.15, 0.2) is 48.5 Å². The van der Waals surface area contributed by atoms with Gasteiger partial charge >= 0.3 is 0 Å². The fourth-order valence-corrected chi connectivity index (χ4v) is 3.10. The van der Waals surface area contributed by atoms with E-state index in [2.05, 4.69) is 5.32 Å². The molecule has 2 aromatic rings. The second kappa shape index (κ2) is 5.64. The van der Waals surface area contributed by atoms with Crippen LogP contribution >= 0.6 is 0 Å². The molecule has 2 aromatic carbocycles. The van der Waals surface area contributed by atoms with Gasteiger partial charge < -0.3 is 15.2 Å². The van der Waals surface area contributed by atoms with Crippen molar-refractivity contribution in [1.82, 2.24) is 5.32 Å². The van der Waals surface area contributed by atoms with Crippen molar-refractivity contribution in [3.63, 3.8) is 0 Å². The lowest BCUT2D eigenvalue weighted by atomic mass is 9.81. The van der Waals surface area contributed by atoms with Crippen LogP contribution in [0.2, 0.25) is 0 Å². The van der Waals surface area contributed by atoms with Gasteiger partial charge in [-0.3, -0.25) is 4.79 Å². The molecule has 0 bridgehead atoms. The van der Waals surface area contributed by atoms with E-state index >= 15 is 0 Å². The lowest BCUT2D eigenvalue weighted by Gasteiger charge is -2.40. The van der Waals surface area contributed by atoms with E-state index in [0.29, 0.717) is 5.75 Å². The van der Waals surface area contributed by atoms with Crippen molar-refractivity contribution in [1.29, 1.82) is 0 Å². The van der Waals surface area contributed by atoms with Crippen molar-refractivity contribution in [3.05, 3.63) is 54.1 Å². The molecule has 4 heteroatoms. The molecule has 3 rings (SSSR count). The summed E-state index contributed by atoms with van der Waals surface area (Å²) in [6.07, 6.45) is -1.33. The van der Waals surface area contributed by atoms with Crippen LogP contribution in [0, 0.1) is 0 Å². The predicted molar refractivity (Wildman–Crippen MR) is 93.8 cm³/mol. The summed E-state index contributed by atoms with van der Waals surface area (Å²) in [6.45, 7) is 7.40. The number of fused-ring (bicyclic) bond motifs is 3. The molecular formula is C20H23NO3. The van der Waals surface area contributed by atoms with Gasteiger partial charge in [0.1, 0.15) is 5.75 Å². The molecule has 2 N–H and O–H groups in total. The van der Waals surface area contributed by atoms with Crippen molar-refractivity contribution in [3.8, 4) is 16.9 Å². The standard InChI is InChI=1S/C20H23NO3/c1-19(2,3)21-18(23)17(22)20(4)15-11-7-5-9-13(15)14-10-6-8-12-16(14)24-20/h5-12,17,22H,1-4H3,(H,21,23). The van der Waals surface area contributed by atoms with Crippen LogP contribution in [0.1, 0.15) is 33.3 Å². The van der Waals surface area contributed by atoms with Crippen LogP contribution in [0.3, 0.4) is 0 Å². The summed E-state index contributed by atoms with van der Waals surface area (Å²) in [5.41, 5.74) is 1.17. The fraction of sp³-hybridized carbons (Fsp3) is 0.350. The largest absolute Gasteiger partial charge is 0.479 e. The zero-order valence-corrected chi connectivity index (χ0v) is 14.5. The smallest absolute Gasteiger partial charge is 0.253 e. The topological polar surface area (TPSA) is 58.6 Å². The van der Waals surface area contributed by atoms with Crippen LogP contribution in [-0.2, 0) is 10.4 Å². The van der Waals surface area contributed by atoms with E-state index in [1.165, 1.54) is 0 Å². The van der Waals surface area contributed by atoms with E-state index < -0.39 is 23.2 Å². The molecule has 1 amide bonds. The molecule has 126 valence electrons. The number of ether oxygens (including phenoxy) is 1. The molecule has 1 aliphatic heterocycles. The first kappa shape index (κ1) is 16.5. The maximum absolute atomic E-state index is 12.5. The van der Waals surface area contributed by atoms with Crippen LogP contribution in [-0.4, -0.2) is 22.7 Å². The van der Waals surface area contributed by atoms with Crippen molar-refractivity contribution >= 4 is 5.91 Å². The third kappa shape index (κ3) is 2.78. The Labute approximate surface area is 142 Å². The highest BCUT2D eigenvalue weighted by Crippen LogP contribution is 2.46. The molecule has 0 radical (unpaired) electrons. The molecule has 24 heavy (non-hydrogen) atoms. The summed E-state index contributed by atoms with van der Waals surface area (Å²) < 4.78 is 6.13. The number of hydrogen-bond acceptors (Lipinski definition) is 3. The fourth-order valence-electron chi connectivity index (χ4n) is 3.10. The maximum Gasteiger partial charge on any atom is 0.253 e. The molecule has 1 heterocycles. The number of nitrogens with one attached hydrogen (secondary N) is 1. The Morgan fingerprint density at radius 1 is 1.08 bits per heavy atom. The number of amides is 1. The van der Waals surface area contributed by atoms with Gasteiger partial charge in [-0.05, 0) is 39.3 Å². The average molecular weight is 325 g/mol. The molecule has 0 aliphatic carbocycles. The van der Waals surface area contributed by atoms with Gasteiger partial charge in [0.15, 0.2) is 11.7 Å². The highest BCUT2D eigenvalue weighted by atomic mass is 16.5. The molecule has 0 fully saturated rings. The van der Waals surface area contributed by atoms with E-state index in [-0.39, 0.29) is 0 Å². The molecule has 1 aliphatic rings. The van der Waals surface area contributed by atoms with Crippen LogP contribution in [0.25, 0.3) is 11.1 Å². The van der Waals surface area contributed by atoms with Crippen LogP contribution < -0.4 is 10.1 Å². The summed E-state index contributed by atoms with van der Waals surface area (Å²) >= 11 is 0. The average Bonchev–Trinajstić information content (AvgIpc) is 2.53. The van der Waals surface area contributed by atoms with Crippen LogP contribution in [0.5, 0.6) is 5.75 Å². The number of carbonyl (C=O) groups excluding carboxylic acids is 1. The normalized spacial score (nSPS) is 20.4. The van der Waals surface area contributed by atoms with Gasteiger partial charge in [-0.1, -0.05) is 42.5 Å². The van der Waals surface area contributed by atoms with Crippen LogP contribution in [0.4, 0.5) is 0 Å². The summed E-state index contributed by atoms with van der Waals surface area (Å²) in [5.74, 6) is 0.223. The Morgan fingerprint density at radius 2 is 1.67 bits per heavy atom. The lowest BCUT2D eigenvalue weighted by Crippen LogP contribution is -2.55. The Kier molecular flexibility index (Phi) is 3.88. The monoisotopic (exact) mass is 325 g/mol. The summed E-state index contributed by atoms with van der Waals surface area (Å²) in [4.78, 5) is 12.5. The molecule has 0 saturated heterocycles. The second-order valence-corrected chi connectivity index (χ2v) is 7.39. The number of para-hydroxylation sites is 1. The first-order valence-corrected chi connectivity index (χ1v) is 8.10. The van der Waals surface area contributed by atoms with E-state index in [0.717, 1.165) is 16.7 Å². The highest BCUT2D eigenvalue weighted by molar-refractivity contribution is 5.85. The number of carbonyl (C=O) groups is 1. The van der Waals surface area contributed by atoms with Crippen molar-refractivity contribution < 1.29 is 14.6 Å². The zero-order valence-electron chi connectivity index (χ0n) is 14.5. The SMILES string of the molecule is CC(C)(C)NC(=O)C(O)C1(C)Oc2ccccc2-c2ccccc21. The van der Waals surface area contributed by atoms with E-state index in [4.69, 9.17) is 4.74 Å². The van der Waals surface area contributed by atoms with E-state index in [9.17, 15) is 9.90 Å². The Morgan fingerprint density at radius 3 is 2.33 bits per heavy atom. The minimum atomic E-state index is -1.33. The molecule has 0 saturated carbocycles. The van der Waals surface area contributed by atoms with Gasteiger partial charge in [0, 0.05) is 16.7 Å². The number of hydrogen-bond donors (Lipinski definition) is 2. The molecule has 0 spiro atoms. The van der Waals surface area contributed by atoms with Gasteiger partial charge in [0.25, 0.3) is 5.91 Å². The third-order valence-corrected chi connectivity index (χ3v) is 4.23. The van der Waals surface area contributed by atoms with Gasteiger partial charge in [-0.2, -0.15) is 0 Å². The van der Waals surface area contributed by atoms with Gasteiger partial charge in [0.05, 0.1) is 0 Å². The quantitative estimate of drug-likeness (QED) is 0.891.